The average Bonchev–Trinajstić information content (AvgIpc) is 2.36. The van der Waals surface area contributed by atoms with Crippen LogP contribution in [0.1, 0.15) is 5.56 Å². The number of sulfonamides is 1. The van der Waals surface area contributed by atoms with Gasteiger partial charge in [0, 0.05) is 15.2 Å². The van der Waals surface area contributed by atoms with Crippen LogP contribution in [0.4, 0.5) is 11.4 Å². The summed E-state index contributed by atoms with van der Waals surface area (Å²) in [4.78, 5) is 0.113. The number of anilines is 2. The molecule has 0 aliphatic rings. The van der Waals surface area contributed by atoms with Crippen molar-refractivity contribution in [3.05, 3.63) is 51.5 Å². The monoisotopic (exact) mass is 374 g/mol. The molecule has 0 fully saturated rings. The Bertz CT molecular complexity index is 763. The smallest absolute Gasteiger partial charge is 0.262 e. The molecule has 7 heteroatoms. The molecule has 0 spiro atoms. The van der Waals surface area contributed by atoms with Gasteiger partial charge in [-0.2, -0.15) is 0 Å². The minimum absolute atomic E-state index is 0.113. The Morgan fingerprint density at radius 3 is 2.50 bits per heavy atom. The first-order chi connectivity index (χ1) is 9.29. The molecule has 0 aliphatic carbocycles. The number of hydrogen-bond acceptors (Lipinski definition) is 3. The van der Waals surface area contributed by atoms with E-state index in [1.165, 1.54) is 12.1 Å². The molecule has 0 amide bonds. The van der Waals surface area contributed by atoms with Gasteiger partial charge in [0.25, 0.3) is 10.0 Å². The zero-order chi connectivity index (χ0) is 14.9. The molecule has 2 rings (SSSR count). The predicted molar refractivity (Wildman–Crippen MR) is 85.6 cm³/mol. The second-order valence-electron chi connectivity index (χ2n) is 4.25. The van der Waals surface area contributed by atoms with Crippen molar-refractivity contribution in [2.75, 3.05) is 10.5 Å². The normalized spacial score (nSPS) is 11.3. The van der Waals surface area contributed by atoms with E-state index in [9.17, 15) is 8.42 Å². The summed E-state index contributed by atoms with van der Waals surface area (Å²) in [7, 11) is -3.69. The first kappa shape index (κ1) is 15.2. The Labute approximate surface area is 131 Å². The molecule has 0 saturated carbocycles. The number of halogens is 2. The minimum atomic E-state index is -3.69. The maximum atomic E-state index is 12.3. The van der Waals surface area contributed by atoms with Gasteiger partial charge in [0.2, 0.25) is 0 Å². The summed E-state index contributed by atoms with van der Waals surface area (Å²) in [5.41, 5.74) is 7.42. The van der Waals surface area contributed by atoms with E-state index in [1.807, 2.05) is 6.92 Å². The zero-order valence-corrected chi connectivity index (χ0v) is 13.7. The topological polar surface area (TPSA) is 72.2 Å². The van der Waals surface area contributed by atoms with Crippen LogP contribution in [0.3, 0.4) is 0 Å². The van der Waals surface area contributed by atoms with Gasteiger partial charge in [-0.15, -0.1) is 0 Å². The van der Waals surface area contributed by atoms with Gasteiger partial charge in [-0.25, -0.2) is 8.42 Å². The van der Waals surface area contributed by atoms with E-state index in [2.05, 4.69) is 20.7 Å². The summed E-state index contributed by atoms with van der Waals surface area (Å²) < 4.78 is 27.6. The number of nitrogens with one attached hydrogen (secondary N) is 1. The molecule has 0 aliphatic heterocycles. The van der Waals surface area contributed by atoms with Gasteiger partial charge in [-0.05, 0) is 58.7 Å². The van der Waals surface area contributed by atoms with Gasteiger partial charge < -0.3 is 5.73 Å². The van der Waals surface area contributed by atoms with Crippen molar-refractivity contribution in [3.63, 3.8) is 0 Å². The molecule has 0 bridgehead atoms. The van der Waals surface area contributed by atoms with Crippen LogP contribution in [0.2, 0.25) is 5.02 Å². The van der Waals surface area contributed by atoms with E-state index in [4.69, 9.17) is 17.3 Å². The van der Waals surface area contributed by atoms with Crippen LogP contribution in [0.25, 0.3) is 0 Å². The third kappa shape index (κ3) is 3.26. The fourth-order valence-corrected chi connectivity index (χ4v) is 3.59. The van der Waals surface area contributed by atoms with Crippen LogP contribution in [-0.2, 0) is 10.0 Å². The molecule has 0 atom stereocenters. The van der Waals surface area contributed by atoms with E-state index < -0.39 is 10.0 Å². The summed E-state index contributed by atoms with van der Waals surface area (Å²) in [6, 6.07) is 9.41. The third-order valence-electron chi connectivity index (χ3n) is 2.74. The van der Waals surface area contributed by atoms with Crippen molar-refractivity contribution in [2.24, 2.45) is 0 Å². The molecule has 2 aromatic rings. The highest BCUT2D eigenvalue weighted by Crippen LogP contribution is 2.28. The number of benzene rings is 2. The highest BCUT2D eigenvalue weighted by molar-refractivity contribution is 9.10. The molecule has 0 saturated heterocycles. The van der Waals surface area contributed by atoms with Crippen molar-refractivity contribution in [1.29, 1.82) is 0 Å². The maximum Gasteiger partial charge on any atom is 0.262 e. The van der Waals surface area contributed by atoms with Gasteiger partial charge in [0.15, 0.2) is 0 Å². The molecule has 4 nitrogen and oxygen atoms in total. The highest BCUT2D eigenvalue weighted by Gasteiger charge is 2.16. The molecular formula is C13H12BrClN2O2S. The number of rotatable bonds is 3. The van der Waals surface area contributed by atoms with Crippen molar-refractivity contribution in [3.8, 4) is 0 Å². The van der Waals surface area contributed by atoms with Gasteiger partial charge >= 0.3 is 0 Å². The number of nitrogens with two attached hydrogens (primary N) is 1. The largest absolute Gasteiger partial charge is 0.398 e. The van der Waals surface area contributed by atoms with E-state index >= 15 is 0 Å². The molecule has 20 heavy (non-hydrogen) atoms. The van der Waals surface area contributed by atoms with E-state index in [1.54, 1.807) is 24.3 Å². The first-order valence-electron chi connectivity index (χ1n) is 5.63. The summed E-state index contributed by atoms with van der Waals surface area (Å²) in [5.74, 6) is 0. The van der Waals surface area contributed by atoms with Crippen LogP contribution in [0, 0.1) is 6.92 Å². The lowest BCUT2D eigenvalue weighted by atomic mass is 10.2. The number of hydrogen-bond donors (Lipinski definition) is 2. The van der Waals surface area contributed by atoms with E-state index in [-0.39, 0.29) is 4.90 Å². The summed E-state index contributed by atoms with van der Waals surface area (Å²) in [6.07, 6.45) is 0. The Kier molecular flexibility index (Phi) is 4.27. The lowest BCUT2D eigenvalue weighted by Gasteiger charge is -2.11. The summed E-state index contributed by atoms with van der Waals surface area (Å²) in [6.45, 7) is 1.81. The fourth-order valence-electron chi connectivity index (χ4n) is 1.56. The summed E-state index contributed by atoms with van der Waals surface area (Å²) >= 11 is 9.08. The maximum absolute atomic E-state index is 12.3. The fraction of sp³-hybridized carbons (Fsp3) is 0.0769. The second kappa shape index (κ2) is 5.63. The molecular weight excluding hydrogens is 364 g/mol. The van der Waals surface area contributed by atoms with Crippen molar-refractivity contribution >= 4 is 48.9 Å². The summed E-state index contributed by atoms with van der Waals surface area (Å²) in [5, 5.41) is 0.513. The second-order valence-corrected chi connectivity index (χ2v) is 7.22. The van der Waals surface area contributed by atoms with Gasteiger partial charge in [-0.3, -0.25) is 4.72 Å². The standard InChI is InChI=1S/C13H12BrClN2O2S/c1-8-2-4-10(7-12(8)16)20(18,19)17-13-5-3-9(15)6-11(13)14/h2-7,17H,16H2,1H3. The van der Waals surface area contributed by atoms with Crippen LogP contribution < -0.4 is 10.5 Å². The molecule has 106 valence electrons. The van der Waals surface area contributed by atoms with Crippen molar-refractivity contribution in [2.45, 2.75) is 11.8 Å². The molecule has 0 radical (unpaired) electrons. The van der Waals surface area contributed by atoms with Crippen LogP contribution >= 0.6 is 27.5 Å². The van der Waals surface area contributed by atoms with Crippen molar-refractivity contribution in [1.82, 2.24) is 0 Å². The van der Waals surface area contributed by atoms with Gasteiger partial charge in [0.05, 0.1) is 10.6 Å². The number of nitrogen functional groups attached to an aromatic ring is 1. The highest BCUT2D eigenvalue weighted by atomic mass is 79.9. The quantitative estimate of drug-likeness (QED) is 0.802. The van der Waals surface area contributed by atoms with E-state index in [0.717, 1.165) is 5.56 Å². The SMILES string of the molecule is Cc1ccc(S(=O)(=O)Nc2ccc(Cl)cc2Br)cc1N. The first-order valence-corrected chi connectivity index (χ1v) is 8.29. The molecule has 2 aromatic carbocycles. The molecule has 0 heterocycles. The average molecular weight is 376 g/mol. The van der Waals surface area contributed by atoms with Crippen molar-refractivity contribution < 1.29 is 8.42 Å². The minimum Gasteiger partial charge on any atom is -0.398 e. The Hall–Kier alpha value is -1.24. The van der Waals surface area contributed by atoms with Gasteiger partial charge in [-0.1, -0.05) is 17.7 Å². The van der Waals surface area contributed by atoms with Crippen LogP contribution in [0.5, 0.6) is 0 Å². The Morgan fingerprint density at radius 2 is 1.90 bits per heavy atom. The Balaban J connectivity index is 2.38. The molecule has 3 N–H and O–H groups in total. The predicted octanol–water partition coefficient (Wildman–Crippen LogP) is 3.79. The van der Waals surface area contributed by atoms with Crippen LogP contribution in [-0.4, -0.2) is 8.42 Å². The number of aryl methyl sites for hydroxylation is 1. The lowest BCUT2D eigenvalue weighted by molar-refractivity contribution is 0.601. The Morgan fingerprint density at radius 1 is 1.20 bits per heavy atom. The molecule has 0 unspecified atom stereocenters. The van der Waals surface area contributed by atoms with E-state index in [0.29, 0.717) is 20.9 Å². The van der Waals surface area contributed by atoms with Crippen LogP contribution in [0.15, 0.2) is 45.8 Å². The molecule has 0 aromatic heterocycles. The zero-order valence-electron chi connectivity index (χ0n) is 10.5. The third-order valence-corrected chi connectivity index (χ3v) is 4.99. The van der Waals surface area contributed by atoms with Gasteiger partial charge in [0.1, 0.15) is 0 Å². The lowest BCUT2D eigenvalue weighted by Crippen LogP contribution is -2.13.